The van der Waals surface area contributed by atoms with Crippen LogP contribution in [0.15, 0.2) is 78.5 Å². The Bertz CT molecular complexity index is 1210. The van der Waals surface area contributed by atoms with E-state index >= 15 is 0 Å². The highest BCUT2D eigenvalue weighted by Gasteiger charge is 2.39. The Hall–Kier alpha value is -4.06. The summed E-state index contributed by atoms with van der Waals surface area (Å²) in [6.07, 6.45) is 0. The van der Waals surface area contributed by atoms with Gasteiger partial charge < -0.3 is 15.0 Å². The number of anilines is 2. The summed E-state index contributed by atoms with van der Waals surface area (Å²) in [5, 5.41) is 3.22. The van der Waals surface area contributed by atoms with Crippen LogP contribution in [0.5, 0.6) is 5.75 Å². The highest BCUT2D eigenvalue weighted by Crippen LogP contribution is 2.32. The van der Waals surface area contributed by atoms with Crippen LogP contribution in [0.4, 0.5) is 11.4 Å². The lowest BCUT2D eigenvalue weighted by Gasteiger charge is -2.16. The van der Waals surface area contributed by atoms with Gasteiger partial charge in [-0.05, 0) is 61.4 Å². The second kappa shape index (κ2) is 9.83. The SMILES string of the molecule is CCOc1ccc(C2=C(Nc3ccc(N(C)C)cc3)C(=O)N(Cc3ccc(C)cc3)C2=O)cc1. The number of ether oxygens (including phenoxy) is 1. The van der Waals surface area contributed by atoms with Crippen LogP contribution in [-0.2, 0) is 16.1 Å². The third-order valence-corrected chi connectivity index (χ3v) is 5.74. The van der Waals surface area contributed by atoms with Crippen molar-refractivity contribution in [3.8, 4) is 5.75 Å². The van der Waals surface area contributed by atoms with Crippen molar-refractivity contribution >= 4 is 28.8 Å². The minimum Gasteiger partial charge on any atom is -0.494 e. The van der Waals surface area contributed by atoms with Crippen molar-refractivity contribution in [3.63, 3.8) is 0 Å². The molecule has 2 amide bonds. The van der Waals surface area contributed by atoms with E-state index in [1.54, 1.807) is 0 Å². The van der Waals surface area contributed by atoms with E-state index in [9.17, 15) is 9.59 Å². The van der Waals surface area contributed by atoms with Crippen LogP contribution < -0.4 is 15.0 Å². The molecule has 0 unspecified atom stereocenters. The van der Waals surface area contributed by atoms with Crippen molar-refractivity contribution in [1.82, 2.24) is 4.90 Å². The van der Waals surface area contributed by atoms with Crippen molar-refractivity contribution in [3.05, 3.63) is 95.2 Å². The first-order valence-corrected chi connectivity index (χ1v) is 11.3. The summed E-state index contributed by atoms with van der Waals surface area (Å²) in [5.41, 5.74) is 5.11. The topological polar surface area (TPSA) is 61.9 Å². The molecule has 0 saturated heterocycles. The molecular weight excluding hydrogens is 426 g/mol. The third-order valence-electron chi connectivity index (χ3n) is 5.74. The van der Waals surface area contributed by atoms with E-state index in [-0.39, 0.29) is 24.1 Å². The molecule has 0 atom stereocenters. The average molecular weight is 456 g/mol. The molecule has 1 aliphatic heterocycles. The van der Waals surface area contributed by atoms with E-state index in [1.165, 1.54) is 4.90 Å². The highest BCUT2D eigenvalue weighted by molar-refractivity contribution is 6.36. The van der Waals surface area contributed by atoms with E-state index in [4.69, 9.17) is 4.74 Å². The van der Waals surface area contributed by atoms with Gasteiger partial charge >= 0.3 is 0 Å². The van der Waals surface area contributed by atoms with Gasteiger partial charge in [-0.15, -0.1) is 0 Å². The molecule has 0 fully saturated rings. The third kappa shape index (κ3) is 4.81. The molecule has 4 rings (SSSR count). The van der Waals surface area contributed by atoms with Crippen LogP contribution in [-0.4, -0.2) is 37.4 Å². The number of amides is 2. The first-order valence-electron chi connectivity index (χ1n) is 11.3. The molecule has 6 nitrogen and oxygen atoms in total. The lowest BCUT2D eigenvalue weighted by atomic mass is 10.0. The van der Waals surface area contributed by atoms with Gasteiger partial charge in [-0.2, -0.15) is 0 Å². The van der Waals surface area contributed by atoms with E-state index < -0.39 is 0 Å². The molecule has 1 N–H and O–H groups in total. The predicted octanol–water partition coefficient (Wildman–Crippen LogP) is 4.85. The van der Waals surface area contributed by atoms with Crippen LogP contribution in [0.3, 0.4) is 0 Å². The molecule has 0 spiro atoms. The number of rotatable bonds is 8. The molecule has 1 aliphatic rings. The summed E-state index contributed by atoms with van der Waals surface area (Å²) in [5.74, 6) is 0.0576. The van der Waals surface area contributed by atoms with Gasteiger partial charge in [0, 0.05) is 25.5 Å². The molecular formula is C28H29N3O3. The van der Waals surface area contributed by atoms with Crippen molar-refractivity contribution in [1.29, 1.82) is 0 Å². The van der Waals surface area contributed by atoms with Crippen molar-refractivity contribution in [2.24, 2.45) is 0 Å². The Labute approximate surface area is 200 Å². The van der Waals surface area contributed by atoms with Gasteiger partial charge in [0.05, 0.1) is 18.7 Å². The summed E-state index contributed by atoms with van der Waals surface area (Å²) in [7, 11) is 3.94. The Kier molecular flexibility index (Phi) is 6.68. The molecule has 0 bridgehead atoms. The van der Waals surface area contributed by atoms with Crippen LogP contribution in [0.25, 0.3) is 5.57 Å². The first-order chi connectivity index (χ1) is 16.4. The second-order valence-corrected chi connectivity index (χ2v) is 8.46. The normalized spacial score (nSPS) is 13.5. The summed E-state index contributed by atoms with van der Waals surface area (Å²) < 4.78 is 5.54. The Morgan fingerprint density at radius 2 is 1.50 bits per heavy atom. The Balaban J connectivity index is 1.69. The summed E-state index contributed by atoms with van der Waals surface area (Å²) >= 11 is 0. The molecule has 0 aliphatic carbocycles. The average Bonchev–Trinajstić information content (AvgIpc) is 3.06. The summed E-state index contributed by atoms with van der Waals surface area (Å²) in [6.45, 7) is 4.69. The summed E-state index contributed by atoms with van der Waals surface area (Å²) in [4.78, 5) is 30.3. The predicted molar refractivity (Wildman–Crippen MR) is 136 cm³/mol. The molecule has 0 saturated carbocycles. The number of benzene rings is 3. The number of aryl methyl sites for hydroxylation is 1. The van der Waals surface area contributed by atoms with E-state index in [2.05, 4.69) is 5.32 Å². The second-order valence-electron chi connectivity index (χ2n) is 8.46. The molecule has 6 heteroatoms. The number of nitrogens with one attached hydrogen (secondary N) is 1. The monoisotopic (exact) mass is 455 g/mol. The molecule has 0 radical (unpaired) electrons. The van der Waals surface area contributed by atoms with Gasteiger partial charge in [0.1, 0.15) is 11.4 Å². The van der Waals surface area contributed by atoms with Crippen LogP contribution >= 0.6 is 0 Å². The van der Waals surface area contributed by atoms with Crippen molar-refractivity contribution < 1.29 is 14.3 Å². The van der Waals surface area contributed by atoms with Crippen LogP contribution in [0.2, 0.25) is 0 Å². The van der Waals surface area contributed by atoms with Crippen LogP contribution in [0, 0.1) is 6.92 Å². The molecule has 3 aromatic rings. The van der Waals surface area contributed by atoms with E-state index in [0.717, 1.165) is 22.5 Å². The van der Waals surface area contributed by atoms with Crippen LogP contribution in [0.1, 0.15) is 23.6 Å². The molecule has 174 valence electrons. The quantitative estimate of drug-likeness (QED) is 0.492. The molecule has 34 heavy (non-hydrogen) atoms. The van der Waals surface area contributed by atoms with E-state index in [1.807, 2.05) is 106 Å². The first kappa shape index (κ1) is 23.1. The number of hydrogen-bond donors (Lipinski definition) is 1. The smallest absolute Gasteiger partial charge is 0.278 e. The van der Waals surface area contributed by atoms with Crippen molar-refractivity contribution in [2.75, 3.05) is 30.9 Å². The minimum absolute atomic E-state index is 0.212. The number of imide groups is 1. The maximum atomic E-state index is 13.5. The van der Waals surface area contributed by atoms with Gasteiger partial charge in [0.2, 0.25) is 0 Å². The van der Waals surface area contributed by atoms with Crippen molar-refractivity contribution in [2.45, 2.75) is 20.4 Å². The maximum absolute atomic E-state index is 13.5. The largest absolute Gasteiger partial charge is 0.494 e. The number of hydrogen-bond acceptors (Lipinski definition) is 5. The fraction of sp³-hybridized carbons (Fsp3) is 0.214. The van der Waals surface area contributed by atoms with Gasteiger partial charge in [-0.1, -0.05) is 42.0 Å². The minimum atomic E-state index is -0.342. The van der Waals surface area contributed by atoms with Gasteiger partial charge in [-0.25, -0.2) is 0 Å². The lowest BCUT2D eigenvalue weighted by molar-refractivity contribution is -0.137. The molecule has 3 aromatic carbocycles. The Morgan fingerprint density at radius 1 is 0.853 bits per heavy atom. The maximum Gasteiger partial charge on any atom is 0.278 e. The summed E-state index contributed by atoms with van der Waals surface area (Å²) in [6, 6.07) is 22.8. The number of carbonyl (C=O) groups excluding carboxylic acids is 2. The Morgan fingerprint density at radius 3 is 2.09 bits per heavy atom. The zero-order chi connectivity index (χ0) is 24.2. The number of carbonyl (C=O) groups is 2. The van der Waals surface area contributed by atoms with Gasteiger partial charge in [0.15, 0.2) is 0 Å². The fourth-order valence-corrected chi connectivity index (χ4v) is 3.85. The van der Waals surface area contributed by atoms with Gasteiger partial charge in [-0.3, -0.25) is 14.5 Å². The van der Waals surface area contributed by atoms with E-state index in [0.29, 0.717) is 23.5 Å². The zero-order valence-corrected chi connectivity index (χ0v) is 20.0. The number of nitrogens with zero attached hydrogens (tertiary/aromatic N) is 2. The standard InChI is InChI=1S/C28H29N3O3/c1-5-34-24-16-10-21(11-17-24)25-26(29-22-12-14-23(15-13-22)30(3)4)28(33)31(27(25)32)18-20-8-6-19(2)7-9-20/h6-17,29H,5,18H2,1-4H3. The zero-order valence-electron chi connectivity index (χ0n) is 20.0. The fourth-order valence-electron chi connectivity index (χ4n) is 3.85. The lowest BCUT2D eigenvalue weighted by Crippen LogP contribution is -2.32. The molecule has 1 heterocycles. The molecule has 0 aromatic heterocycles. The van der Waals surface area contributed by atoms with Gasteiger partial charge in [0.25, 0.3) is 11.8 Å². The highest BCUT2D eigenvalue weighted by atomic mass is 16.5.